The van der Waals surface area contributed by atoms with Gasteiger partial charge in [0.25, 0.3) is 0 Å². The third-order valence-electron chi connectivity index (χ3n) is 9.82. The summed E-state index contributed by atoms with van der Waals surface area (Å²) in [5.41, 5.74) is 11.9. The number of para-hydroxylation sites is 1. The Balaban J connectivity index is 0.985. The van der Waals surface area contributed by atoms with Crippen molar-refractivity contribution in [2.24, 2.45) is 0 Å². The van der Waals surface area contributed by atoms with E-state index in [1.54, 1.807) is 6.20 Å². The van der Waals surface area contributed by atoms with Crippen molar-refractivity contribution in [1.29, 1.82) is 0 Å². The number of nitrogens with zero attached hydrogens (tertiary/aromatic N) is 3. The summed E-state index contributed by atoms with van der Waals surface area (Å²) in [6, 6.07) is 63.4. The highest BCUT2D eigenvalue weighted by molar-refractivity contribution is 5.97. The molecule has 0 atom stereocenters. The molecule has 0 saturated carbocycles. The van der Waals surface area contributed by atoms with Crippen molar-refractivity contribution in [3.63, 3.8) is 0 Å². The number of rotatable bonds is 7. The predicted molar refractivity (Wildman–Crippen MR) is 216 cm³/mol. The van der Waals surface area contributed by atoms with Crippen molar-refractivity contribution in [2.75, 3.05) is 4.90 Å². The zero-order valence-corrected chi connectivity index (χ0v) is 28.6. The fourth-order valence-electron chi connectivity index (χ4n) is 7.11. The van der Waals surface area contributed by atoms with Crippen LogP contribution in [0.4, 0.5) is 17.1 Å². The number of aromatic nitrogens is 2. The molecule has 0 saturated heterocycles. The van der Waals surface area contributed by atoms with Crippen LogP contribution in [0.1, 0.15) is 0 Å². The number of oxazole rings is 1. The summed E-state index contributed by atoms with van der Waals surface area (Å²) in [6.45, 7) is 0. The molecule has 250 valence electrons. The van der Waals surface area contributed by atoms with E-state index in [1.165, 1.54) is 27.5 Å². The van der Waals surface area contributed by atoms with E-state index in [1.807, 2.05) is 42.5 Å². The zero-order valence-electron chi connectivity index (χ0n) is 28.6. The van der Waals surface area contributed by atoms with Gasteiger partial charge in [0.05, 0.1) is 0 Å². The van der Waals surface area contributed by atoms with Crippen LogP contribution in [0.2, 0.25) is 0 Å². The average Bonchev–Trinajstić information content (AvgIpc) is 3.87. The number of anilines is 3. The highest BCUT2D eigenvalue weighted by Gasteiger charge is 2.16. The molecule has 0 aliphatic rings. The quantitative estimate of drug-likeness (QED) is 0.168. The van der Waals surface area contributed by atoms with Gasteiger partial charge in [-0.15, -0.1) is 0 Å². The van der Waals surface area contributed by atoms with Gasteiger partial charge in [0.2, 0.25) is 11.6 Å². The molecule has 0 aliphatic heterocycles. The standard InChI is InChI=1S/C48H31N3O2/c1-3-10-42-34(7-1)9-5-11-43(42)35-16-14-32(15-17-35)33-18-24-39(25-19-33)51(40-26-20-36(21-27-40)46-31-38-8-2-4-13-45(38)52-46)41-28-22-37(23-29-41)47-50-44-12-6-30-49-48(44)53-47/h1-31H. The molecule has 5 heteroatoms. The molecule has 0 spiro atoms. The Morgan fingerprint density at radius 2 is 1.02 bits per heavy atom. The van der Waals surface area contributed by atoms with Crippen molar-refractivity contribution in [3.8, 4) is 45.0 Å². The first kappa shape index (κ1) is 30.6. The highest BCUT2D eigenvalue weighted by atomic mass is 16.4. The molecule has 10 aromatic rings. The van der Waals surface area contributed by atoms with E-state index in [-0.39, 0.29) is 0 Å². The van der Waals surface area contributed by atoms with Crippen LogP contribution < -0.4 is 4.90 Å². The Hall–Kier alpha value is -7.24. The first-order valence-electron chi connectivity index (χ1n) is 17.6. The number of benzene rings is 7. The molecular weight excluding hydrogens is 651 g/mol. The second-order valence-corrected chi connectivity index (χ2v) is 13.1. The van der Waals surface area contributed by atoms with E-state index < -0.39 is 0 Å². The maximum absolute atomic E-state index is 6.17. The van der Waals surface area contributed by atoms with Crippen molar-refractivity contribution in [3.05, 3.63) is 188 Å². The van der Waals surface area contributed by atoms with Gasteiger partial charge in [0.15, 0.2) is 0 Å². The minimum Gasteiger partial charge on any atom is -0.456 e. The first-order chi connectivity index (χ1) is 26.2. The second-order valence-electron chi connectivity index (χ2n) is 13.1. The Morgan fingerprint density at radius 1 is 0.434 bits per heavy atom. The summed E-state index contributed by atoms with van der Waals surface area (Å²) >= 11 is 0. The first-order valence-corrected chi connectivity index (χ1v) is 17.6. The summed E-state index contributed by atoms with van der Waals surface area (Å²) in [4.78, 5) is 11.2. The minimum atomic E-state index is 0.529. The van der Waals surface area contributed by atoms with Crippen LogP contribution in [0.5, 0.6) is 0 Å². The highest BCUT2D eigenvalue weighted by Crippen LogP contribution is 2.39. The average molecular weight is 682 g/mol. The summed E-state index contributed by atoms with van der Waals surface area (Å²) in [7, 11) is 0. The molecule has 3 heterocycles. The van der Waals surface area contributed by atoms with Crippen LogP contribution >= 0.6 is 0 Å². The van der Waals surface area contributed by atoms with Gasteiger partial charge in [-0.2, -0.15) is 0 Å². The summed E-state index contributed by atoms with van der Waals surface area (Å²) in [6.07, 6.45) is 1.71. The van der Waals surface area contributed by atoms with Crippen molar-refractivity contribution in [1.82, 2.24) is 9.97 Å². The van der Waals surface area contributed by atoms with Gasteiger partial charge in [0, 0.05) is 39.8 Å². The fourth-order valence-corrected chi connectivity index (χ4v) is 7.11. The fraction of sp³-hybridized carbons (Fsp3) is 0. The third kappa shape index (κ3) is 5.71. The maximum atomic E-state index is 6.17. The third-order valence-corrected chi connectivity index (χ3v) is 9.82. The number of hydrogen-bond acceptors (Lipinski definition) is 5. The van der Waals surface area contributed by atoms with Crippen molar-refractivity contribution >= 4 is 50.0 Å². The zero-order chi connectivity index (χ0) is 35.1. The predicted octanol–water partition coefficient (Wildman–Crippen LogP) is 13.3. The molecular formula is C48H31N3O2. The van der Waals surface area contributed by atoms with Crippen LogP contribution in [-0.4, -0.2) is 9.97 Å². The maximum Gasteiger partial charge on any atom is 0.247 e. The summed E-state index contributed by atoms with van der Waals surface area (Å²) in [5, 5.41) is 3.60. The number of fused-ring (bicyclic) bond motifs is 3. The van der Waals surface area contributed by atoms with Crippen LogP contribution in [0.3, 0.4) is 0 Å². The Labute approximate surface area is 306 Å². The van der Waals surface area contributed by atoms with Crippen LogP contribution in [0.25, 0.3) is 78.0 Å². The lowest BCUT2D eigenvalue weighted by molar-refractivity contribution is 0.608. The SMILES string of the molecule is c1ccc2oc(-c3ccc(N(c4ccc(-c5ccc(-c6cccc7ccccc67)cc5)cc4)c4ccc(-c5nc6cccnc6o5)cc4)cc3)cc2c1. The molecule has 0 bridgehead atoms. The largest absolute Gasteiger partial charge is 0.456 e. The van der Waals surface area contributed by atoms with Crippen LogP contribution in [0.15, 0.2) is 197 Å². The van der Waals surface area contributed by atoms with Crippen molar-refractivity contribution in [2.45, 2.75) is 0 Å². The normalized spacial score (nSPS) is 11.4. The molecule has 0 fully saturated rings. The van der Waals surface area contributed by atoms with E-state index in [0.29, 0.717) is 11.6 Å². The number of hydrogen-bond donors (Lipinski definition) is 0. The van der Waals surface area contributed by atoms with E-state index in [4.69, 9.17) is 8.83 Å². The minimum absolute atomic E-state index is 0.529. The molecule has 53 heavy (non-hydrogen) atoms. The van der Waals surface area contributed by atoms with Crippen LogP contribution in [0, 0.1) is 0 Å². The Morgan fingerprint density at radius 3 is 1.72 bits per heavy atom. The molecule has 0 amide bonds. The molecule has 0 radical (unpaired) electrons. The molecule has 0 N–H and O–H groups in total. The monoisotopic (exact) mass is 681 g/mol. The lowest BCUT2D eigenvalue weighted by Gasteiger charge is -2.26. The Kier molecular flexibility index (Phi) is 7.40. The van der Waals surface area contributed by atoms with Gasteiger partial charge in [0.1, 0.15) is 16.9 Å². The molecule has 7 aromatic carbocycles. The molecule has 5 nitrogen and oxygen atoms in total. The molecule has 0 unspecified atom stereocenters. The second kappa shape index (κ2) is 12.8. The van der Waals surface area contributed by atoms with Gasteiger partial charge in [-0.25, -0.2) is 9.97 Å². The van der Waals surface area contributed by atoms with Crippen LogP contribution in [-0.2, 0) is 0 Å². The van der Waals surface area contributed by atoms with Gasteiger partial charge in [-0.3, -0.25) is 0 Å². The van der Waals surface area contributed by atoms with Gasteiger partial charge in [-0.1, -0.05) is 97.1 Å². The smallest absolute Gasteiger partial charge is 0.247 e. The van der Waals surface area contributed by atoms with E-state index >= 15 is 0 Å². The molecule has 0 aliphatic carbocycles. The topological polar surface area (TPSA) is 55.3 Å². The van der Waals surface area contributed by atoms with Crippen molar-refractivity contribution < 1.29 is 8.83 Å². The number of furan rings is 1. The van der Waals surface area contributed by atoms with E-state index in [9.17, 15) is 0 Å². The van der Waals surface area contributed by atoms with E-state index in [0.717, 1.165) is 56.0 Å². The molecule has 3 aromatic heterocycles. The number of pyridine rings is 1. The summed E-state index contributed by atoms with van der Waals surface area (Å²) in [5.74, 6) is 1.39. The van der Waals surface area contributed by atoms with E-state index in [2.05, 4.69) is 154 Å². The molecule has 10 rings (SSSR count). The van der Waals surface area contributed by atoms with Gasteiger partial charge in [-0.05, 0) is 118 Å². The summed E-state index contributed by atoms with van der Waals surface area (Å²) < 4.78 is 12.1. The Bertz CT molecular complexity index is 2680. The van der Waals surface area contributed by atoms with Gasteiger partial charge < -0.3 is 13.7 Å². The van der Waals surface area contributed by atoms with Gasteiger partial charge >= 0.3 is 0 Å². The lowest BCUT2D eigenvalue weighted by Crippen LogP contribution is -2.09. The lowest BCUT2D eigenvalue weighted by atomic mass is 9.96.